The summed E-state index contributed by atoms with van der Waals surface area (Å²) in [6.45, 7) is 1.04. The van der Waals surface area contributed by atoms with Gasteiger partial charge < -0.3 is 9.73 Å². The van der Waals surface area contributed by atoms with Gasteiger partial charge in [-0.3, -0.25) is 10.1 Å². The van der Waals surface area contributed by atoms with Gasteiger partial charge in [0.15, 0.2) is 0 Å². The summed E-state index contributed by atoms with van der Waals surface area (Å²) in [5.41, 5.74) is 0.989. The Morgan fingerprint density at radius 2 is 2.10 bits per heavy atom. The number of hydrogen-bond donors (Lipinski definition) is 1. The molecule has 0 spiro atoms. The van der Waals surface area contributed by atoms with Crippen LogP contribution >= 0.6 is 11.3 Å². The molecule has 0 aliphatic carbocycles. The molecule has 3 rings (SSSR count). The number of thiazole rings is 1. The highest BCUT2D eigenvalue weighted by Gasteiger charge is 2.11. The summed E-state index contributed by atoms with van der Waals surface area (Å²) < 4.78 is 6.21. The van der Waals surface area contributed by atoms with Crippen molar-refractivity contribution in [2.24, 2.45) is 0 Å². The van der Waals surface area contributed by atoms with Gasteiger partial charge in [0.2, 0.25) is 0 Å². The normalized spacial score (nSPS) is 11.0. The number of rotatable bonds is 5. The van der Waals surface area contributed by atoms with E-state index in [9.17, 15) is 10.1 Å². The first-order valence-electron chi connectivity index (χ1n) is 6.00. The molecular formula is C13H11N3O3S. The molecule has 1 N–H and O–H groups in total. The van der Waals surface area contributed by atoms with E-state index in [2.05, 4.69) is 10.3 Å². The van der Waals surface area contributed by atoms with Crippen molar-refractivity contribution in [3.05, 3.63) is 57.3 Å². The van der Waals surface area contributed by atoms with E-state index in [-0.39, 0.29) is 5.88 Å². The third-order valence-corrected chi connectivity index (χ3v) is 3.78. The van der Waals surface area contributed by atoms with Crippen LogP contribution in [-0.2, 0) is 13.1 Å². The molecule has 0 radical (unpaired) electrons. The predicted octanol–water partition coefficient (Wildman–Crippen LogP) is 3.09. The highest BCUT2D eigenvalue weighted by atomic mass is 32.1. The number of fused-ring (bicyclic) bond motifs is 1. The van der Waals surface area contributed by atoms with Gasteiger partial charge in [-0.2, -0.15) is 0 Å². The van der Waals surface area contributed by atoms with Crippen molar-refractivity contribution in [3.8, 4) is 0 Å². The van der Waals surface area contributed by atoms with E-state index in [0.717, 1.165) is 15.2 Å². The summed E-state index contributed by atoms with van der Waals surface area (Å²) in [6.07, 6.45) is 0. The zero-order valence-electron chi connectivity index (χ0n) is 10.4. The lowest BCUT2D eigenvalue weighted by Gasteiger charge is -1.98. The van der Waals surface area contributed by atoms with Crippen LogP contribution in [0.15, 0.2) is 40.8 Å². The van der Waals surface area contributed by atoms with E-state index in [4.69, 9.17) is 4.42 Å². The zero-order valence-corrected chi connectivity index (χ0v) is 11.2. The zero-order chi connectivity index (χ0) is 13.9. The molecule has 0 saturated heterocycles. The highest BCUT2D eigenvalue weighted by molar-refractivity contribution is 7.18. The number of nitrogens with zero attached hydrogens (tertiary/aromatic N) is 2. The van der Waals surface area contributed by atoms with Gasteiger partial charge in [-0.25, -0.2) is 4.98 Å². The highest BCUT2D eigenvalue weighted by Crippen LogP contribution is 2.21. The molecule has 0 unspecified atom stereocenters. The molecule has 7 heteroatoms. The number of hydrogen-bond acceptors (Lipinski definition) is 6. The van der Waals surface area contributed by atoms with Crippen molar-refractivity contribution in [1.82, 2.24) is 10.3 Å². The Labute approximate surface area is 118 Å². The van der Waals surface area contributed by atoms with Gasteiger partial charge in [-0.05, 0) is 18.2 Å². The SMILES string of the molecule is O=[N+]([O-])c1ccc(CNCc2nc3ccccc3s2)o1. The van der Waals surface area contributed by atoms with Crippen molar-refractivity contribution in [1.29, 1.82) is 0 Å². The Balaban J connectivity index is 1.60. The third-order valence-electron chi connectivity index (χ3n) is 2.74. The molecule has 0 bridgehead atoms. The second kappa shape index (κ2) is 5.40. The topological polar surface area (TPSA) is 81.2 Å². The van der Waals surface area contributed by atoms with Gasteiger partial charge in [0.25, 0.3) is 0 Å². The second-order valence-electron chi connectivity index (χ2n) is 4.18. The van der Waals surface area contributed by atoms with Gasteiger partial charge in [-0.1, -0.05) is 12.1 Å². The van der Waals surface area contributed by atoms with Crippen LogP contribution in [0.2, 0.25) is 0 Å². The van der Waals surface area contributed by atoms with Gasteiger partial charge >= 0.3 is 5.88 Å². The smallest absolute Gasteiger partial charge is 0.404 e. The van der Waals surface area contributed by atoms with Crippen LogP contribution in [0.5, 0.6) is 0 Å². The fourth-order valence-electron chi connectivity index (χ4n) is 1.85. The summed E-state index contributed by atoms with van der Waals surface area (Å²) in [7, 11) is 0. The average molecular weight is 289 g/mol. The lowest BCUT2D eigenvalue weighted by molar-refractivity contribution is -0.402. The van der Waals surface area contributed by atoms with Crippen LogP contribution in [0.25, 0.3) is 10.2 Å². The van der Waals surface area contributed by atoms with Crippen LogP contribution in [0, 0.1) is 10.1 Å². The second-order valence-corrected chi connectivity index (χ2v) is 5.29. The van der Waals surface area contributed by atoms with Crippen LogP contribution in [0.4, 0.5) is 5.88 Å². The summed E-state index contributed by atoms with van der Waals surface area (Å²) in [5.74, 6) is 0.305. The molecule has 0 fully saturated rings. The first-order chi connectivity index (χ1) is 9.72. The summed E-state index contributed by atoms with van der Waals surface area (Å²) in [4.78, 5) is 14.4. The van der Waals surface area contributed by atoms with Gasteiger partial charge in [-0.15, -0.1) is 11.3 Å². The largest absolute Gasteiger partial charge is 0.433 e. The van der Waals surface area contributed by atoms with Crippen LogP contribution in [0.3, 0.4) is 0 Å². The minimum atomic E-state index is -0.545. The number of benzene rings is 1. The van der Waals surface area contributed by atoms with Crippen molar-refractivity contribution in [3.63, 3.8) is 0 Å². The Morgan fingerprint density at radius 3 is 2.85 bits per heavy atom. The standard InChI is InChI=1S/C13H11N3O3S/c17-16(18)13-6-5-9(19-13)7-14-8-12-15-10-3-1-2-4-11(10)20-12/h1-6,14H,7-8H2. The van der Waals surface area contributed by atoms with Crippen molar-refractivity contribution < 1.29 is 9.34 Å². The molecule has 20 heavy (non-hydrogen) atoms. The van der Waals surface area contributed by atoms with Crippen molar-refractivity contribution in [2.45, 2.75) is 13.1 Å². The molecule has 0 amide bonds. The number of furan rings is 1. The summed E-state index contributed by atoms with van der Waals surface area (Å²) in [5, 5.41) is 14.6. The van der Waals surface area contributed by atoms with Crippen LogP contribution < -0.4 is 5.32 Å². The Bertz CT molecular complexity index is 717. The molecule has 0 saturated carbocycles. The van der Waals surface area contributed by atoms with E-state index < -0.39 is 4.92 Å². The average Bonchev–Trinajstić information content (AvgIpc) is 3.04. The van der Waals surface area contributed by atoms with E-state index in [0.29, 0.717) is 18.8 Å². The first kappa shape index (κ1) is 12.8. The number of para-hydroxylation sites is 1. The van der Waals surface area contributed by atoms with Crippen molar-refractivity contribution in [2.75, 3.05) is 0 Å². The molecule has 1 aromatic carbocycles. The molecule has 0 aliphatic rings. The molecule has 2 heterocycles. The quantitative estimate of drug-likeness (QED) is 0.576. The summed E-state index contributed by atoms with van der Waals surface area (Å²) >= 11 is 1.63. The first-order valence-corrected chi connectivity index (χ1v) is 6.82. The fourth-order valence-corrected chi connectivity index (χ4v) is 2.78. The third kappa shape index (κ3) is 2.68. The van der Waals surface area contributed by atoms with Crippen LogP contribution in [-0.4, -0.2) is 9.91 Å². The maximum Gasteiger partial charge on any atom is 0.433 e. The maximum atomic E-state index is 10.5. The molecule has 0 atom stereocenters. The number of aromatic nitrogens is 1. The van der Waals surface area contributed by atoms with E-state index >= 15 is 0 Å². The van der Waals surface area contributed by atoms with Crippen molar-refractivity contribution >= 4 is 27.4 Å². The predicted molar refractivity (Wildman–Crippen MR) is 75.5 cm³/mol. The van der Waals surface area contributed by atoms with E-state index in [1.807, 2.05) is 24.3 Å². The van der Waals surface area contributed by atoms with E-state index in [1.54, 1.807) is 17.4 Å². The number of nitro groups is 1. The molecule has 2 aromatic heterocycles. The Kier molecular flexibility index (Phi) is 3.44. The van der Waals surface area contributed by atoms with Gasteiger partial charge in [0, 0.05) is 6.54 Å². The minimum absolute atomic E-state index is 0.234. The monoisotopic (exact) mass is 289 g/mol. The lowest BCUT2D eigenvalue weighted by Crippen LogP contribution is -2.11. The molecule has 6 nitrogen and oxygen atoms in total. The Morgan fingerprint density at radius 1 is 1.25 bits per heavy atom. The van der Waals surface area contributed by atoms with Gasteiger partial charge in [0.05, 0.1) is 22.8 Å². The van der Waals surface area contributed by atoms with Gasteiger partial charge in [0.1, 0.15) is 15.7 Å². The molecule has 102 valence electrons. The Hall–Kier alpha value is -2.25. The molecule has 3 aromatic rings. The molecular weight excluding hydrogens is 278 g/mol. The van der Waals surface area contributed by atoms with Crippen LogP contribution in [0.1, 0.15) is 10.8 Å². The maximum absolute atomic E-state index is 10.5. The lowest BCUT2D eigenvalue weighted by atomic mass is 10.3. The molecule has 0 aliphatic heterocycles. The summed E-state index contributed by atoms with van der Waals surface area (Å²) in [6, 6.07) is 10.9. The number of nitrogens with one attached hydrogen (secondary N) is 1. The minimum Gasteiger partial charge on any atom is -0.404 e. The fraction of sp³-hybridized carbons (Fsp3) is 0.154. The van der Waals surface area contributed by atoms with E-state index in [1.165, 1.54) is 6.07 Å².